The third-order valence-electron chi connectivity index (χ3n) is 5.60. The number of ether oxygens (including phenoxy) is 1. The van der Waals surface area contributed by atoms with E-state index in [0.29, 0.717) is 16.9 Å². The lowest BCUT2D eigenvalue weighted by Gasteiger charge is -2.27. The van der Waals surface area contributed by atoms with Crippen molar-refractivity contribution in [3.05, 3.63) is 77.2 Å². The van der Waals surface area contributed by atoms with Crippen molar-refractivity contribution in [2.24, 2.45) is 5.92 Å². The third-order valence-corrected chi connectivity index (χ3v) is 5.92. The molecular formula is C25H20ClFN2O4. The second-order valence-electron chi connectivity index (χ2n) is 7.76. The van der Waals surface area contributed by atoms with Gasteiger partial charge in [-0.2, -0.15) is 0 Å². The maximum absolute atomic E-state index is 13.3. The Morgan fingerprint density at radius 3 is 2.36 bits per heavy atom. The van der Waals surface area contributed by atoms with Gasteiger partial charge >= 0.3 is 0 Å². The van der Waals surface area contributed by atoms with Crippen LogP contribution in [0.15, 0.2) is 60.8 Å². The fourth-order valence-corrected chi connectivity index (χ4v) is 4.32. The SMILES string of the molecule is COc1cc(-c2ccc(F)cc2)cc(Cl)c1C1C(=O)CC(C(=O)Nc2ccccn2)CC1=O. The van der Waals surface area contributed by atoms with E-state index in [1.807, 2.05) is 0 Å². The zero-order valence-electron chi connectivity index (χ0n) is 17.7. The van der Waals surface area contributed by atoms with E-state index >= 15 is 0 Å². The molecule has 6 nitrogen and oxygen atoms in total. The third kappa shape index (κ3) is 4.78. The highest BCUT2D eigenvalue weighted by Gasteiger charge is 2.41. The predicted octanol–water partition coefficient (Wildman–Crippen LogP) is 4.82. The highest BCUT2D eigenvalue weighted by Crippen LogP contribution is 2.42. The van der Waals surface area contributed by atoms with E-state index in [-0.39, 0.29) is 35.0 Å². The van der Waals surface area contributed by atoms with Gasteiger partial charge in [-0.15, -0.1) is 0 Å². The van der Waals surface area contributed by atoms with Gasteiger partial charge in [0.15, 0.2) is 0 Å². The smallest absolute Gasteiger partial charge is 0.229 e. The van der Waals surface area contributed by atoms with Crippen LogP contribution in [0.5, 0.6) is 5.75 Å². The first-order valence-corrected chi connectivity index (χ1v) is 10.7. The number of ketones is 2. The number of methoxy groups -OCH3 is 1. The Balaban J connectivity index is 1.59. The van der Waals surface area contributed by atoms with E-state index in [1.165, 1.54) is 25.4 Å². The lowest BCUT2D eigenvalue weighted by atomic mass is 9.76. The predicted molar refractivity (Wildman–Crippen MR) is 122 cm³/mol. The van der Waals surface area contributed by atoms with E-state index in [4.69, 9.17) is 16.3 Å². The molecule has 3 aromatic rings. The van der Waals surface area contributed by atoms with Crippen molar-refractivity contribution in [2.75, 3.05) is 12.4 Å². The van der Waals surface area contributed by atoms with E-state index in [0.717, 1.165) is 0 Å². The van der Waals surface area contributed by atoms with Gasteiger partial charge in [0.1, 0.15) is 34.9 Å². The summed E-state index contributed by atoms with van der Waals surface area (Å²) >= 11 is 6.52. The molecule has 0 atom stereocenters. The first kappa shape index (κ1) is 22.6. The number of rotatable bonds is 5. The maximum atomic E-state index is 13.3. The molecule has 0 unspecified atom stereocenters. The second-order valence-corrected chi connectivity index (χ2v) is 8.16. The second kappa shape index (κ2) is 9.50. The average molecular weight is 467 g/mol. The molecule has 0 aliphatic heterocycles. The molecular weight excluding hydrogens is 447 g/mol. The summed E-state index contributed by atoms with van der Waals surface area (Å²) in [5.74, 6) is -2.87. The topological polar surface area (TPSA) is 85.4 Å². The highest BCUT2D eigenvalue weighted by molar-refractivity contribution is 6.33. The number of amides is 1. The molecule has 0 spiro atoms. The number of pyridine rings is 1. The van der Waals surface area contributed by atoms with Crippen molar-refractivity contribution >= 4 is 34.9 Å². The van der Waals surface area contributed by atoms with Crippen LogP contribution in [-0.2, 0) is 14.4 Å². The fourth-order valence-electron chi connectivity index (χ4n) is 4.00. The number of hydrogen-bond donors (Lipinski definition) is 1. The van der Waals surface area contributed by atoms with Crippen LogP contribution in [0.1, 0.15) is 24.3 Å². The lowest BCUT2D eigenvalue weighted by Crippen LogP contribution is -2.37. The van der Waals surface area contributed by atoms with Crippen LogP contribution in [0.3, 0.4) is 0 Å². The van der Waals surface area contributed by atoms with E-state index in [1.54, 1.807) is 42.5 Å². The normalized spacial score (nSPS) is 18.2. The molecule has 1 fully saturated rings. The van der Waals surface area contributed by atoms with Crippen LogP contribution >= 0.6 is 11.6 Å². The quantitative estimate of drug-likeness (QED) is 0.545. The number of Topliss-reactive ketones (excluding diaryl/α,β-unsaturated/α-hetero) is 2. The number of halogens is 2. The molecule has 33 heavy (non-hydrogen) atoms. The van der Waals surface area contributed by atoms with Crippen molar-refractivity contribution in [3.63, 3.8) is 0 Å². The number of nitrogens with zero attached hydrogens (tertiary/aromatic N) is 1. The molecule has 8 heteroatoms. The van der Waals surface area contributed by atoms with Gasteiger partial charge < -0.3 is 10.1 Å². The minimum absolute atomic E-state index is 0.103. The summed E-state index contributed by atoms with van der Waals surface area (Å²) in [5, 5.41) is 2.83. The van der Waals surface area contributed by atoms with Crippen molar-refractivity contribution in [1.29, 1.82) is 0 Å². The van der Waals surface area contributed by atoms with Gasteiger partial charge in [0.2, 0.25) is 5.91 Å². The van der Waals surface area contributed by atoms with Gasteiger partial charge in [0.05, 0.1) is 13.0 Å². The fraction of sp³-hybridized carbons (Fsp3) is 0.200. The number of aromatic nitrogens is 1. The summed E-state index contributed by atoms with van der Waals surface area (Å²) in [7, 11) is 1.42. The van der Waals surface area contributed by atoms with Crippen LogP contribution in [0.4, 0.5) is 10.2 Å². The van der Waals surface area contributed by atoms with E-state index < -0.39 is 29.3 Å². The van der Waals surface area contributed by atoms with Crippen molar-refractivity contribution < 1.29 is 23.5 Å². The van der Waals surface area contributed by atoms with Crippen molar-refractivity contribution in [1.82, 2.24) is 4.98 Å². The van der Waals surface area contributed by atoms with Gasteiger partial charge in [0.25, 0.3) is 0 Å². The number of hydrogen-bond acceptors (Lipinski definition) is 5. The molecule has 1 aliphatic carbocycles. The summed E-state index contributed by atoms with van der Waals surface area (Å²) in [6.07, 6.45) is 1.33. The van der Waals surface area contributed by atoms with Crippen molar-refractivity contribution in [2.45, 2.75) is 18.8 Å². The Kier molecular flexibility index (Phi) is 6.51. The standard InChI is InChI=1S/C25H20ClFN2O4/c1-33-21-13-15(14-5-7-17(27)8-6-14)10-18(26)23(21)24-19(30)11-16(12-20(24)31)25(32)29-22-4-2-3-9-28-22/h2-10,13,16,24H,11-12H2,1H3,(H,28,29,32). The maximum Gasteiger partial charge on any atom is 0.229 e. The average Bonchev–Trinajstić information content (AvgIpc) is 2.80. The molecule has 1 saturated carbocycles. The van der Waals surface area contributed by atoms with E-state index in [2.05, 4.69) is 10.3 Å². The minimum atomic E-state index is -1.12. The first-order valence-electron chi connectivity index (χ1n) is 10.3. The summed E-state index contributed by atoms with van der Waals surface area (Å²) in [6, 6.07) is 14.2. The summed E-state index contributed by atoms with van der Waals surface area (Å²) in [4.78, 5) is 42.6. The Hall–Kier alpha value is -3.58. The van der Waals surface area contributed by atoms with Crippen LogP contribution in [0, 0.1) is 11.7 Å². The van der Waals surface area contributed by atoms with Gasteiger partial charge in [0, 0.05) is 29.6 Å². The Morgan fingerprint density at radius 1 is 1.06 bits per heavy atom. The Labute approximate surface area is 194 Å². The van der Waals surface area contributed by atoms with Gasteiger partial charge in [-0.25, -0.2) is 9.37 Å². The monoisotopic (exact) mass is 466 g/mol. The zero-order chi connectivity index (χ0) is 23.5. The molecule has 0 saturated heterocycles. The Morgan fingerprint density at radius 2 is 1.76 bits per heavy atom. The molecule has 168 valence electrons. The van der Waals surface area contributed by atoms with Gasteiger partial charge in [-0.05, 0) is 47.5 Å². The summed E-state index contributed by atoms with van der Waals surface area (Å²) < 4.78 is 18.7. The molecule has 1 aromatic heterocycles. The van der Waals surface area contributed by atoms with E-state index in [9.17, 15) is 18.8 Å². The molecule has 1 N–H and O–H groups in total. The first-order chi connectivity index (χ1) is 15.9. The largest absolute Gasteiger partial charge is 0.496 e. The molecule has 0 bridgehead atoms. The zero-order valence-corrected chi connectivity index (χ0v) is 18.4. The molecule has 1 heterocycles. The number of anilines is 1. The highest BCUT2D eigenvalue weighted by atomic mass is 35.5. The summed E-state index contributed by atoms with van der Waals surface area (Å²) in [5.41, 5.74) is 1.64. The number of benzene rings is 2. The van der Waals surface area contributed by atoms with Gasteiger partial charge in [-0.3, -0.25) is 14.4 Å². The molecule has 1 aliphatic rings. The minimum Gasteiger partial charge on any atom is -0.496 e. The number of nitrogens with one attached hydrogen (secondary N) is 1. The molecule has 4 rings (SSSR count). The summed E-state index contributed by atoms with van der Waals surface area (Å²) in [6.45, 7) is 0. The van der Waals surface area contributed by atoms with Crippen LogP contribution < -0.4 is 10.1 Å². The van der Waals surface area contributed by atoms with Crippen molar-refractivity contribution in [3.8, 4) is 16.9 Å². The van der Waals surface area contributed by atoms with Crippen LogP contribution in [0.25, 0.3) is 11.1 Å². The number of carbonyl (C=O) groups excluding carboxylic acids is 3. The molecule has 1 amide bonds. The molecule has 0 radical (unpaired) electrons. The van der Waals surface area contributed by atoms with Gasteiger partial charge in [-0.1, -0.05) is 29.8 Å². The Bertz CT molecular complexity index is 1200. The number of carbonyl (C=O) groups is 3. The van der Waals surface area contributed by atoms with Crippen LogP contribution in [0.2, 0.25) is 5.02 Å². The lowest BCUT2D eigenvalue weighted by molar-refractivity contribution is -0.138. The molecule has 2 aromatic carbocycles. The van der Waals surface area contributed by atoms with Crippen LogP contribution in [-0.4, -0.2) is 29.6 Å².